The first kappa shape index (κ1) is 14.9. The maximum Gasteiger partial charge on any atom is 0.0615 e. The van der Waals surface area contributed by atoms with Crippen LogP contribution >= 0.6 is 0 Å². The highest BCUT2D eigenvalue weighted by molar-refractivity contribution is 4.74. The molecule has 3 nitrogen and oxygen atoms in total. The molecule has 0 fully saturated rings. The summed E-state index contributed by atoms with van der Waals surface area (Å²) < 4.78 is 5.17. The normalized spacial score (nSPS) is 14.2. The highest BCUT2D eigenvalue weighted by Gasteiger charge is 2.18. The van der Waals surface area contributed by atoms with Gasteiger partial charge >= 0.3 is 0 Å². The second kappa shape index (κ2) is 8.08. The molecular weight excluding hydrogens is 190 g/mol. The molecule has 15 heavy (non-hydrogen) atoms. The summed E-state index contributed by atoms with van der Waals surface area (Å²) in [5.41, 5.74) is -0.0434. The van der Waals surface area contributed by atoms with Crippen molar-refractivity contribution in [2.24, 2.45) is 5.41 Å². The van der Waals surface area contributed by atoms with Crippen LogP contribution in [0.15, 0.2) is 0 Å². The molecule has 0 heterocycles. The monoisotopic (exact) mass is 217 g/mol. The fourth-order valence-electron chi connectivity index (χ4n) is 1.37. The molecule has 2 N–H and O–H groups in total. The molecule has 0 amide bonds. The molecule has 0 aliphatic rings. The molecule has 0 spiro atoms. The van der Waals surface area contributed by atoms with Crippen molar-refractivity contribution in [1.29, 1.82) is 0 Å². The van der Waals surface area contributed by atoms with E-state index in [1.807, 2.05) is 0 Å². The quantitative estimate of drug-likeness (QED) is 0.619. The molecule has 1 unspecified atom stereocenters. The smallest absolute Gasteiger partial charge is 0.0615 e. The number of methoxy groups -OCH3 is 1. The molecule has 0 aromatic carbocycles. The fraction of sp³-hybridized carbons (Fsp3) is 1.00. The predicted molar refractivity (Wildman–Crippen MR) is 64.1 cm³/mol. The van der Waals surface area contributed by atoms with Crippen molar-refractivity contribution in [1.82, 2.24) is 5.32 Å². The van der Waals surface area contributed by atoms with Crippen molar-refractivity contribution in [3.8, 4) is 0 Å². The number of nitrogens with one attached hydrogen (secondary N) is 1. The van der Waals surface area contributed by atoms with E-state index in [4.69, 9.17) is 9.84 Å². The second-order valence-electron chi connectivity index (χ2n) is 5.00. The van der Waals surface area contributed by atoms with Crippen LogP contribution in [0.3, 0.4) is 0 Å². The highest BCUT2D eigenvalue weighted by atomic mass is 16.5. The minimum Gasteiger partial charge on any atom is -0.396 e. The lowest BCUT2D eigenvalue weighted by Gasteiger charge is -2.26. The van der Waals surface area contributed by atoms with E-state index in [9.17, 15) is 0 Å². The second-order valence-corrected chi connectivity index (χ2v) is 5.00. The lowest BCUT2D eigenvalue weighted by atomic mass is 9.94. The third-order valence-electron chi connectivity index (χ3n) is 2.57. The van der Waals surface area contributed by atoms with Gasteiger partial charge in [0.05, 0.1) is 6.61 Å². The molecule has 92 valence electrons. The summed E-state index contributed by atoms with van der Waals surface area (Å²) in [7, 11) is 1.73. The maximum atomic E-state index is 9.14. The van der Waals surface area contributed by atoms with E-state index in [0.717, 1.165) is 19.6 Å². The Kier molecular flexibility index (Phi) is 8.02. The SMILES string of the molecule is CCCCC(COC)NCC(C)(C)CO. The highest BCUT2D eigenvalue weighted by Crippen LogP contribution is 2.12. The molecule has 0 aromatic rings. The van der Waals surface area contributed by atoms with Crippen molar-refractivity contribution < 1.29 is 9.84 Å². The van der Waals surface area contributed by atoms with Crippen LogP contribution in [-0.4, -0.2) is 38.0 Å². The number of hydrogen-bond donors (Lipinski definition) is 2. The van der Waals surface area contributed by atoms with E-state index in [1.54, 1.807) is 7.11 Å². The summed E-state index contributed by atoms with van der Waals surface area (Å²) in [6, 6.07) is 0.417. The van der Waals surface area contributed by atoms with Crippen molar-refractivity contribution in [3.05, 3.63) is 0 Å². The van der Waals surface area contributed by atoms with Crippen LogP contribution < -0.4 is 5.32 Å². The Labute approximate surface area is 94.2 Å². The zero-order chi connectivity index (χ0) is 11.7. The summed E-state index contributed by atoms with van der Waals surface area (Å²) in [5, 5.41) is 12.6. The van der Waals surface area contributed by atoms with Crippen molar-refractivity contribution >= 4 is 0 Å². The van der Waals surface area contributed by atoms with Gasteiger partial charge in [-0.15, -0.1) is 0 Å². The molecule has 0 aromatic heterocycles. The van der Waals surface area contributed by atoms with Gasteiger partial charge in [-0.05, 0) is 6.42 Å². The predicted octanol–water partition coefficient (Wildman–Crippen LogP) is 1.80. The van der Waals surface area contributed by atoms with Crippen molar-refractivity contribution in [3.63, 3.8) is 0 Å². The zero-order valence-electron chi connectivity index (χ0n) is 10.7. The van der Waals surface area contributed by atoms with Crippen LogP contribution in [0.4, 0.5) is 0 Å². The Bertz CT molecular complexity index is 149. The lowest BCUT2D eigenvalue weighted by molar-refractivity contribution is 0.128. The third kappa shape index (κ3) is 7.77. The van der Waals surface area contributed by atoms with E-state index in [-0.39, 0.29) is 12.0 Å². The standard InChI is InChI=1S/C12H27NO2/c1-5-6-7-11(8-15-4)13-9-12(2,3)10-14/h11,13-14H,5-10H2,1-4H3. The van der Waals surface area contributed by atoms with E-state index < -0.39 is 0 Å². The van der Waals surface area contributed by atoms with Crippen LogP contribution in [-0.2, 0) is 4.74 Å². The van der Waals surface area contributed by atoms with Gasteiger partial charge in [0.15, 0.2) is 0 Å². The van der Waals surface area contributed by atoms with E-state index in [2.05, 4.69) is 26.1 Å². The molecule has 3 heteroatoms. The van der Waals surface area contributed by atoms with Crippen LogP contribution in [0.1, 0.15) is 40.0 Å². The number of rotatable bonds is 9. The average molecular weight is 217 g/mol. The van der Waals surface area contributed by atoms with E-state index >= 15 is 0 Å². The topological polar surface area (TPSA) is 41.5 Å². The average Bonchev–Trinajstić information content (AvgIpc) is 2.22. The first-order chi connectivity index (χ1) is 7.05. The minimum absolute atomic E-state index is 0.0434. The van der Waals surface area contributed by atoms with Crippen molar-refractivity contribution in [2.75, 3.05) is 26.9 Å². The van der Waals surface area contributed by atoms with Gasteiger partial charge < -0.3 is 15.2 Å². The number of ether oxygens (including phenoxy) is 1. The fourth-order valence-corrected chi connectivity index (χ4v) is 1.37. The number of aliphatic hydroxyl groups is 1. The van der Waals surface area contributed by atoms with Crippen LogP contribution in [0.2, 0.25) is 0 Å². The van der Waals surface area contributed by atoms with Crippen molar-refractivity contribution in [2.45, 2.75) is 46.1 Å². The van der Waals surface area contributed by atoms with Gasteiger partial charge in [0.2, 0.25) is 0 Å². The Hall–Kier alpha value is -0.120. The van der Waals surface area contributed by atoms with Gasteiger partial charge in [-0.2, -0.15) is 0 Å². The third-order valence-corrected chi connectivity index (χ3v) is 2.57. The Morgan fingerprint density at radius 2 is 2.07 bits per heavy atom. The van der Waals surface area contributed by atoms with Crippen LogP contribution in [0, 0.1) is 5.41 Å². The van der Waals surface area contributed by atoms with Gasteiger partial charge in [-0.3, -0.25) is 0 Å². The molecule has 0 bridgehead atoms. The largest absolute Gasteiger partial charge is 0.396 e. The van der Waals surface area contributed by atoms with Gasteiger partial charge in [0, 0.05) is 31.7 Å². The first-order valence-corrected chi connectivity index (χ1v) is 5.89. The first-order valence-electron chi connectivity index (χ1n) is 5.89. The van der Waals surface area contributed by atoms with E-state index in [0.29, 0.717) is 6.04 Å². The molecule has 0 saturated carbocycles. The number of aliphatic hydroxyl groups excluding tert-OH is 1. The Morgan fingerprint density at radius 3 is 2.53 bits per heavy atom. The lowest BCUT2D eigenvalue weighted by Crippen LogP contribution is -2.40. The Morgan fingerprint density at radius 1 is 1.40 bits per heavy atom. The molecular formula is C12H27NO2. The van der Waals surface area contributed by atoms with Gasteiger partial charge in [-0.1, -0.05) is 33.6 Å². The molecule has 0 aliphatic carbocycles. The summed E-state index contributed by atoms with van der Waals surface area (Å²) in [6.07, 6.45) is 3.58. The zero-order valence-corrected chi connectivity index (χ0v) is 10.7. The molecule has 0 radical (unpaired) electrons. The molecule has 0 saturated heterocycles. The van der Waals surface area contributed by atoms with Gasteiger partial charge in [0.1, 0.15) is 0 Å². The minimum atomic E-state index is -0.0434. The molecule has 0 rings (SSSR count). The molecule has 1 atom stereocenters. The Balaban J connectivity index is 3.83. The molecule has 0 aliphatic heterocycles. The summed E-state index contributed by atoms with van der Waals surface area (Å²) in [4.78, 5) is 0. The maximum absolute atomic E-state index is 9.14. The summed E-state index contributed by atoms with van der Waals surface area (Å²) in [5.74, 6) is 0. The van der Waals surface area contributed by atoms with Crippen LogP contribution in [0.5, 0.6) is 0 Å². The number of hydrogen-bond acceptors (Lipinski definition) is 3. The summed E-state index contributed by atoms with van der Waals surface area (Å²) in [6.45, 7) is 8.12. The summed E-state index contributed by atoms with van der Waals surface area (Å²) >= 11 is 0. The van der Waals surface area contributed by atoms with E-state index in [1.165, 1.54) is 12.8 Å². The van der Waals surface area contributed by atoms with Gasteiger partial charge in [-0.25, -0.2) is 0 Å². The van der Waals surface area contributed by atoms with Gasteiger partial charge in [0.25, 0.3) is 0 Å². The number of unbranched alkanes of at least 4 members (excludes halogenated alkanes) is 1. The van der Waals surface area contributed by atoms with Crippen LogP contribution in [0.25, 0.3) is 0 Å².